The number of piperazine rings is 1. The minimum Gasteiger partial charge on any atom is -0.396 e. The van der Waals surface area contributed by atoms with Crippen molar-refractivity contribution in [2.75, 3.05) is 26.2 Å². The fraction of sp³-hybridized carbons (Fsp3) is 0.550. The molecule has 1 N–H and O–H groups in total. The van der Waals surface area contributed by atoms with Gasteiger partial charge < -0.3 is 5.11 Å². The molecule has 1 aliphatic heterocycles. The molecule has 0 radical (unpaired) electrons. The smallest absolute Gasteiger partial charge is 0.0534 e. The second-order valence-electron chi connectivity index (χ2n) is 7.06. The Balaban J connectivity index is 1.60. The third-order valence-electron chi connectivity index (χ3n) is 5.07. The van der Waals surface area contributed by atoms with Crippen molar-refractivity contribution in [3.8, 4) is 0 Å². The summed E-state index contributed by atoms with van der Waals surface area (Å²) in [4.78, 5) is 5.01. The highest BCUT2D eigenvalue weighted by molar-refractivity contribution is 5.21. The molecular formula is C20H30N4O. The molecule has 1 aliphatic rings. The average Bonchev–Trinajstić information content (AvgIpc) is 3.07. The Morgan fingerprint density at radius 3 is 2.60 bits per heavy atom. The summed E-state index contributed by atoms with van der Waals surface area (Å²) in [6.45, 7) is 10.4. The van der Waals surface area contributed by atoms with E-state index in [2.05, 4.69) is 59.2 Å². The van der Waals surface area contributed by atoms with Crippen molar-refractivity contribution in [3.05, 3.63) is 53.3 Å². The third-order valence-corrected chi connectivity index (χ3v) is 5.07. The highest BCUT2D eigenvalue weighted by Gasteiger charge is 2.26. The van der Waals surface area contributed by atoms with Gasteiger partial charge in [-0.25, -0.2) is 0 Å². The van der Waals surface area contributed by atoms with Crippen LogP contribution in [-0.4, -0.2) is 57.0 Å². The lowest BCUT2D eigenvalue weighted by molar-refractivity contribution is 0.0499. The number of nitrogens with zero attached hydrogens (tertiary/aromatic N) is 4. The van der Waals surface area contributed by atoms with Crippen molar-refractivity contribution in [3.63, 3.8) is 0 Å². The first-order valence-corrected chi connectivity index (χ1v) is 9.32. The maximum atomic E-state index is 9.49. The molecule has 2 heterocycles. The van der Waals surface area contributed by atoms with E-state index in [-0.39, 0.29) is 6.61 Å². The lowest BCUT2D eigenvalue weighted by atomic mass is 10.1. The van der Waals surface area contributed by atoms with Gasteiger partial charge in [0.1, 0.15) is 0 Å². The monoisotopic (exact) mass is 342 g/mol. The maximum absolute atomic E-state index is 9.49. The fourth-order valence-corrected chi connectivity index (χ4v) is 3.58. The van der Waals surface area contributed by atoms with Crippen LogP contribution in [0.25, 0.3) is 0 Å². The van der Waals surface area contributed by atoms with Crippen LogP contribution in [0.15, 0.2) is 36.7 Å². The predicted octanol–water partition coefficient (Wildman–Crippen LogP) is 2.28. The summed E-state index contributed by atoms with van der Waals surface area (Å²) in [7, 11) is 0. The molecule has 2 aromatic rings. The molecule has 1 fully saturated rings. The Kier molecular flexibility index (Phi) is 6.24. The molecule has 0 saturated carbocycles. The maximum Gasteiger partial charge on any atom is 0.0534 e. The summed E-state index contributed by atoms with van der Waals surface area (Å²) in [5.74, 6) is 0. The molecule has 1 aromatic heterocycles. The van der Waals surface area contributed by atoms with Gasteiger partial charge >= 0.3 is 0 Å². The van der Waals surface area contributed by atoms with Crippen molar-refractivity contribution in [1.82, 2.24) is 19.6 Å². The molecule has 3 rings (SSSR count). The molecule has 5 nitrogen and oxygen atoms in total. The molecule has 0 unspecified atom stereocenters. The van der Waals surface area contributed by atoms with Crippen molar-refractivity contribution >= 4 is 0 Å². The van der Waals surface area contributed by atoms with Gasteiger partial charge in [0, 0.05) is 63.7 Å². The van der Waals surface area contributed by atoms with Crippen LogP contribution in [-0.2, 0) is 19.6 Å². The highest BCUT2D eigenvalue weighted by atomic mass is 16.3. The lowest BCUT2D eigenvalue weighted by Gasteiger charge is -2.41. The highest BCUT2D eigenvalue weighted by Crippen LogP contribution is 2.18. The summed E-state index contributed by atoms with van der Waals surface area (Å²) < 4.78 is 1.98. The van der Waals surface area contributed by atoms with Crippen LogP contribution >= 0.6 is 0 Å². The van der Waals surface area contributed by atoms with Crippen molar-refractivity contribution in [2.45, 2.75) is 45.9 Å². The Hall–Kier alpha value is -1.69. The molecule has 0 amide bonds. The Morgan fingerprint density at radius 2 is 1.92 bits per heavy atom. The summed E-state index contributed by atoms with van der Waals surface area (Å²) in [6, 6.07) is 9.20. The van der Waals surface area contributed by atoms with Gasteiger partial charge in [-0.2, -0.15) is 5.10 Å². The van der Waals surface area contributed by atoms with Crippen LogP contribution in [0.4, 0.5) is 0 Å². The normalized spacial score (nSPS) is 19.4. The number of aromatic nitrogens is 2. The minimum absolute atomic E-state index is 0.247. The molecule has 1 aromatic carbocycles. The summed E-state index contributed by atoms with van der Waals surface area (Å²) in [5.41, 5.74) is 3.93. The number of aliphatic hydroxyl groups is 1. The van der Waals surface area contributed by atoms with E-state index in [0.29, 0.717) is 6.04 Å². The molecule has 25 heavy (non-hydrogen) atoms. The lowest BCUT2D eigenvalue weighted by Crippen LogP contribution is -2.52. The molecule has 0 spiro atoms. The Bertz CT molecular complexity index is 652. The number of aryl methyl sites for hydroxylation is 2. The van der Waals surface area contributed by atoms with E-state index in [0.717, 1.165) is 45.7 Å². The van der Waals surface area contributed by atoms with E-state index in [4.69, 9.17) is 0 Å². The van der Waals surface area contributed by atoms with Crippen molar-refractivity contribution in [2.24, 2.45) is 0 Å². The molecule has 1 saturated heterocycles. The zero-order chi connectivity index (χ0) is 17.6. The largest absolute Gasteiger partial charge is 0.396 e. The van der Waals surface area contributed by atoms with Gasteiger partial charge in [0.05, 0.1) is 6.20 Å². The van der Waals surface area contributed by atoms with Gasteiger partial charge in [0.25, 0.3) is 0 Å². The van der Waals surface area contributed by atoms with Crippen molar-refractivity contribution in [1.29, 1.82) is 0 Å². The van der Waals surface area contributed by atoms with E-state index < -0.39 is 0 Å². The van der Waals surface area contributed by atoms with Gasteiger partial charge in [0.15, 0.2) is 0 Å². The Morgan fingerprint density at radius 1 is 1.12 bits per heavy atom. The number of hydrogen-bond donors (Lipinski definition) is 1. The molecule has 0 aliphatic carbocycles. The van der Waals surface area contributed by atoms with Gasteiger partial charge in [-0.3, -0.25) is 14.5 Å². The zero-order valence-electron chi connectivity index (χ0n) is 15.4. The first-order valence-electron chi connectivity index (χ1n) is 9.32. The minimum atomic E-state index is 0.247. The van der Waals surface area contributed by atoms with E-state index in [9.17, 15) is 5.11 Å². The standard InChI is InChI=1S/C20H30N4O/c1-3-24-15-19(12-21-24)13-22-9-10-23(20(16-22)8-11-25)14-18-6-4-17(2)5-7-18/h4-7,12,15,20,25H,3,8-11,13-14,16H2,1-2H3/t20-/m0/s1. The third kappa shape index (κ3) is 4.91. The first kappa shape index (κ1) is 18.1. The fourth-order valence-electron chi connectivity index (χ4n) is 3.58. The van der Waals surface area contributed by atoms with E-state index in [1.54, 1.807) is 0 Å². The number of hydrogen-bond acceptors (Lipinski definition) is 4. The summed E-state index contributed by atoms with van der Waals surface area (Å²) in [5, 5.41) is 13.9. The van der Waals surface area contributed by atoms with Crippen molar-refractivity contribution < 1.29 is 5.11 Å². The van der Waals surface area contributed by atoms with Crippen LogP contribution in [0.3, 0.4) is 0 Å². The SMILES string of the molecule is CCn1cc(CN2CCN(Cc3ccc(C)cc3)[C@@H](CCO)C2)cn1. The van der Waals surface area contributed by atoms with Crippen LogP contribution in [0.1, 0.15) is 30.0 Å². The summed E-state index contributed by atoms with van der Waals surface area (Å²) in [6.07, 6.45) is 4.94. The molecule has 0 bridgehead atoms. The number of aliphatic hydroxyl groups excluding tert-OH is 1. The topological polar surface area (TPSA) is 44.5 Å². The van der Waals surface area contributed by atoms with Gasteiger partial charge in [-0.15, -0.1) is 0 Å². The van der Waals surface area contributed by atoms with Crippen LogP contribution in [0.5, 0.6) is 0 Å². The molecule has 136 valence electrons. The summed E-state index contributed by atoms with van der Waals surface area (Å²) >= 11 is 0. The van der Waals surface area contributed by atoms with E-state index in [1.165, 1.54) is 16.7 Å². The number of benzene rings is 1. The van der Waals surface area contributed by atoms with Gasteiger partial charge in [-0.1, -0.05) is 29.8 Å². The first-order chi connectivity index (χ1) is 12.2. The van der Waals surface area contributed by atoms with Gasteiger partial charge in [-0.05, 0) is 25.8 Å². The van der Waals surface area contributed by atoms with Crippen LogP contribution in [0, 0.1) is 6.92 Å². The Labute approximate surface area is 150 Å². The molecular weight excluding hydrogens is 312 g/mol. The van der Waals surface area contributed by atoms with Crippen LogP contribution in [0.2, 0.25) is 0 Å². The molecule has 1 atom stereocenters. The quantitative estimate of drug-likeness (QED) is 0.838. The van der Waals surface area contributed by atoms with Gasteiger partial charge in [0.2, 0.25) is 0 Å². The zero-order valence-corrected chi connectivity index (χ0v) is 15.4. The van der Waals surface area contributed by atoms with E-state index >= 15 is 0 Å². The second-order valence-corrected chi connectivity index (χ2v) is 7.06. The number of rotatable bonds is 7. The molecule has 5 heteroatoms. The van der Waals surface area contributed by atoms with E-state index in [1.807, 2.05) is 10.9 Å². The average molecular weight is 342 g/mol. The second kappa shape index (κ2) is 8.61. The predicted molar refractivity (Wildman–Crippen MR) is 100 cm³/mol. The van der Waals surface area contributed by atoms with Crippen LogP contribution < -0.4 is 0 Å².